The number of esters is 2. The lowest BCUT2D eigenvalue weighted by Crippen LogP contribution is -2.42. The summed E-state index contributed by atoms with van der Waals surface area (Å²) in [4.78, 5) is 30.4. The number of hydrogen-bond acceptors (Lipinski definition) is 5. The Morgan fingerprint density at radius 1 is 1.15 bits per heavy atom. The van der Waals surface area contributed by atoms with Crippen LogP contribution < -0.4 is 0 Å². The molecule has 2 aromatic rings. The van der Waals surface area contributed by atoms with Crippen molar-refractivity contribution in [3.05, 3.63) is 83.4 Å². The van der Waals surface area contributed by atoms with Crippen LogP contribution in [0.2, 0.25) is 0 Å². The number of ether oxygens (including phenoxy) is 2. The predicted molar refractivity (Wildman–Crippen MR) is 100 cm³/mol. The third-order valence-corrected chi connectivity index (χ3v) is 4.97. The minimum absolute atomic E-state index is 0.229. The van der Waals surface area contributed by atoms with Gasteiger partial charge in [0.1, 0.15) is 0 Å². The highest BCUT2D eigenvalue weighted by atomic mass is 16.6. The van der Waals surface area contributed by atoms with Gasteiger partial charge in [-0.2, -0.15) is 0 Å². The summed E-state index contributed by atoms with van der Waals surface area (Å²) in [6.45, 7) is 1.97. The second-order valence-corrected chi connectivity index (χ2v) is 6.48. The van der Waals surface area contributed by atoms with Gasteiger partial charge in [0.05, 0.1) is 12.2 Å². The molecule has 2 atom stereocenters. The first kappa shape index (κ1) is 17.2. The lowest BCUT2D eigenvalue weighted by molar-refractivity contribution is -0.144. The molecular weight excluding hydrogens is 342 g/mol. The standard InChI is InChI=1S/C22H19NO4/c1-2-26-20(24)18-14-13-17(15-9-5-3-6-10-15)22(18)21(25)27-19(23-22)16-11-7-4-8-12-16/h3-12,14,17H,2,13H2,1H3/t17-,22+/m0/s1. The highest BCUT2D eigenvalue weighted by Gasteiger charge is 2.60. The predicted octanol–water partition coefficient (Wildman–Crippen LogP) is 3.41. The van der Waals surface area contributed by atoms with Crippen molar-refractivity contribution >= 4 is 17.8 Å². The number of allylic oxidation sites excluding steroid dienone is 1. The maximum atomic E-state index is 13.1. The molecule has 1 aliphatic heterocycles. The van der Waals surface area contributed by atoms with Crippen LogP contribution in [0.1, 0.15) is 30.4 Å². The van der Waals surface area contributed by atoms with Crippen LogP contribution in [-0.4, -0.2) is 30.0 Å². The molecule has 0 saturated heterocycles. The van der Waals surface area contributed by atoms with Gasteiger partial charge in [0.25, 0.3) is 0 Å². The average molecular weight is 361 g/mol. The lowest BCUT2D eigenvalue weighted by Gasteiger charge is -2.27. The fourth-order valence-corrected chi connectivity index (χ4v) is 3.75. The van der Waals surface area contributed by atoms with Gasteiger partial charge in [-0.05, 0) is 31.0 Å². The molecule has 0 amide bonds. The molecule has 0 aromatic heterocycles. The van der Waals surface area contributed by atoms with Crippen molar-refractivity contribution in [3.63, 3.8) is 0 Å². The number of carbonyl (C=O) groups excluding carboxylic acids is 2. The molecule has 0 saturated carbocycles. The van der Waals surface area contributed by atoms with Gasteiger partial charge in [0.2, 0.25) is 11.4 Å². The molecule has 2 aromatic carbocycles. The molecule has 0 N–H and O–H groups in total. The van der Waals surface area contributed by atoms with E-state index in [2.05, 4.69) is 4.99 Å². The molecular formula is C22H19NO4. The van der Waals surface area contributed by atoms with Crippen molar-refractivity contribution in [2.24, 2.45) is 4.99 Å². The highest BCUT2D eigenvalue weighted by Crippen LogP contribution is 2.49. The lowest BCUT2D eigenvalue weighted by atomic mass is 9.78. The van der Waals surface area contributed by atoms with Crippen LogP contribution in [0.25, 0.3) is 0 Å². The molecule has 0 unspecified atom stereocenters. The number of rotatable bonds is 4. The van der Waals surface area contributed by atoms with Crippen LogP contribution in [-0.2, 0) is 19.1 Å². The Kier molecular flexibility index (Phi) is 4.36. The van der Waals surface area contributed by atoms with Gasteiger partial charge in [0, 0.05) is 11.5 Å². The molecule has 4 rings (SSSR count). The summed E-state index contributed by atoms with van der Waals surface area (Å²) in [6, 6.07) is 18.8. The van der Waals surface area contributed by atoms with Crippen molar-refractivity contribution in [1.82, 2.24) is 0 Å². The summed E-state index contributed by atoms with van der Waals surface area (Å²) in [7, 11) is 0. The summed E-state index contributed by atoms with van der Waals surface area (Å²) in [5.41, 5.74) is 0.487. The zero-order valence-electron chi connectivity index (χ0n) is 14.9. The number of cyclic esters (lactones) is 1. The maximum absolute atomic E-state index is 13.1. The van der Waals surface area contributed by atoms with Crippen molar-refractivity contribution in [3.8, 4) is 0 Å². The summed E-state index contributed by atoms with van der Waals surface area (Å²) in [5, 5.41) is 0. The topological polar surface area (TPSA) is 65.0 Å². The second kappa shape index (κ2) is 6.83. The van der Waals surface area contributed by atoms with Crippen molar-refractivity contribution in [1.29, 1.82) is 0 Å². The van der Waals surface area contributed by atoms with Gasteiger partial charge >= 0.3 is 11.9 Å². The molecule has 0 radical (unpaired) electrons. The first-order chi connectivity index (χ1) is 13.2. The third-order valence-electron chi connectivity index (χ3n) is 4.97. The molecule has 136 valence electrons. The van der Waals surface area contributed by atoms with E-state index in [1.165, 1.54) is 0 Å². The molecule has 0 bridgehead atoms. The Labute approximate surface area is 157 Å². The van der Waals surface area contributed by atoms with E-state index in [4.69, 9.17) is 9.47 Å². The van der Waals surface area contributed by atoms with E-state index >= 15 is 0 Å². The van der Waals surface area contributed by atoms with E-state index in [-0.39, 0.29) is 24.0 Å². The van der Waals surface area contributed by atoms with Crippen LogP contribution in [0.3, 0.4) is 0 Å². The van der Waals surface area contributed by atoms with Crippen LogP contribution in [0, 0.1) is 0 Å². The fourth-order valence-electron chi connectivity index (χ4n) is 3.75. The van der Waals surface area contributed by atoms with Crippen molar-refractivity contribution < 1.29 is 19.1 Å². The summed E-state index contributed by atoms with van der Waals surface area (Å²) < 4.78 is 10.8. The number of benzene rings is 2. The van der Waals surface area contributed by atoms with Crippen LogP contribution in [0.5, 0.6) is 0 Å². The Morgan fingerprint density at radius 2 is 1.81 bits per heavy atom. The van der Waals surface area contributed by atoms with E-state index in [1.54, 1.807) is 13.0 Å². The van der Waals surface area contributed by atoms with E-state index in [0.717, 1.165) is 5.56 Å². The van der Waals surface area contributed by atoms with Crippen molar-refractivity contribution in [2.75, 3.05) is 6.61 Å². The Morgan fingerprint density at radius 3 is 2.48 bits per heavy atom. The number of nitrogens with zero attached hydrogens (tertiary/aromatic N) is 1. The normalized spacial score (nSPS) is 23.7. The van der Waals surface area contributed by atoms with E-state index < -0.39 is 17.5 Å². The zero-order chi connectivity index (χ0) is 18.9. The smallest absolute Gasteiger partial charge is 0.346 e. The third kappa shape index (κ3) is 2.76. The van der Waals surface area contributed by atoms with Gasteiger partial charge in [0.15, 0.2) is 0 Å². The molecule has 1 spiro atoms. The summed E-state index contributed by atoms with van der Waals surface area (Å²) in [5.74, 6) is -1.14. The van der Waals surface area contributed by atoms with Crippen LogP contribution >= 0.6 is 0 Å². The van der Waals surface area contributed by atoms with E-state index in [9.17, 15) is 9.59 Å². The number of hydrogen-bond donors (Lipinski definition) is 0. The number of carbonyl (C=O) groups is 2. The first-order valence-electron chi connectivity index (χ1n) is 8.97. The molecule has 1 heterocycles. The Hall–Kier alpha value is -3.21. The van der Waals surface area contributed by atoms with Gasteiger partial charge < -0.3 is 9.47 Å². The second-order valence-electron chi connectivity index (χ2n) is 6.48. The van der Waals surface area contributed by atoms with Gasteiger partial charge in [-0.25, -0.2) is 14.6 Å². The molecule has 5 heteroatoms. The van der Waals surface area contributed by atoms with Gasteiger partial charge in [-0.1, -0.05) is 54.6 Å². The average Bonchev–Trinajstić information content (AvgIpc) is 3.25. The SMILES string of the molecule is CCOC(=O)C1=CC[C@@H](c2ccccc2)[C@@]12N=C(c1ccccc1)OC2=O. The fraction of sp³-hybridized carbons (Fsp3) is 0.227. The minimum Gasteiger partial charge on any atom is -0.463 e. The maximum Gasteiger partial charge on any atom is 0.346 e. The van der Waals surface area contributed by atoms with Crippen molar-refractivity contribution in [2.45, 2.75) is 24.8 Å². The monoisotopic (exact) mass is 361 g/mol. The molecule has 5 nitrogen and oxygen atoms in total. The largest absolute Gasteiger partial charge is 0.463 e. The summed E-state index contributed by atoms with van der Waals surface area (Å²) in [6.07, 6.45) is 2.27. The molecule has 27 heavy (non-hydrogen) atoms. The van der Waals surface area contributed by atoms with Gasteiger partial charge in [-0.3, -0.25) is 0 Å². The van der Waals surface area contributed by atoms with E-state index in [1.807, 2.05) is 60.7 Å². The van der Waals surface area contributed by atoms with Crippen LogP contribution in [0.4, 0.5) is 0 Å². The minimum atomic E-state index is -1.40. The Balaban J connectivity index is 1.84. The quantitative estimate of drug-likeness (QED) is 0.783. The van der Waals surface area contributed by atoms with Gasteiger partial charge in [-0.15, -0.1) is 0 Å². The summed E-state index contributed by atoms with van der Waals surface area (Å²) >= 11 is 0. The highest BCUT2D eigenvalue weighted by molar-refractivity contribution is 6.14. The van der Waals surface area contributed by atoms with Crippen LogP contribution in [0.15, 0.2) is 77.3 Å². The van der Waals surface area contributed by atoms with E-state index in [0.29, 0.717) is 12.0 Å². The zero-order valence-corrected chi connectivity index (χ0v) is 14.9. The molecule has 1 aliphatic carbocycles. The molecule has 2 aliphatic rings. The first-order valence-corrected chi connectivity index (χ1v) is 8.97. The Bertz CT molecular complexity index is 933. The molecule has 0 fully saturated rings. The number of aliphatic imine (C=N–C) groups is 1.